The van der Waals surface area contributed by atoms with E-state index in [0.29, 0.717) is 28.5 Å². The third-order valence-corrected chi connectivity index (χ3v) is 5.96. The van der Waals surface area contributed by atoms with Crippen LogP contribution in [0, 0.1) is 0 Å². The molecule has 178 valence electrons. The molecule has 1 aliphatic heterocycles. The van der Waals surface area contributed by atoms with Gasteiger partial charge in [-0.05, 0) is 53.6 Å². The van der Waals surface area contributed by atoms with Gasteiger partial charge in [0, 0.05) is 49.4 Å². The fourth-order valence-corrected chi connectivity index (χ4v) is 4.00. The van der Waals surface area contributed by atoms with Crippen LogP contribution in [0.5, 0.6) is 0 Å². The van der Waals surface area contributed by atoms with Gasteiger partial charge < -0.3 is 20.9 Å². The monoisotopic (exact) mass is 488 g/mol. The first-order chi connectivity index (χ1) is 16.7. The molecule has 0 bridgehead atoms. The Morgan fingerprint density at radius 2 is 1.74 bits per heavy atom. The zero-order valence-corrected chi connectivity index (χ0v) is 20.4. The van der Waals surface area contributed by atoms with Crippen molar-refractivity contribution < 1.29 is 14.4 Å². The summed E-state index contributed by atoms with van der Waals surface area (Å²) in [6, 6.07) is 20.3. The van der Waals surface area contributed by atoms with Crippen molar-refractivity contribution in [3.05, 3.63) is 88.4 Å². The van der Waals surface area contributed by atoms with Crippen LogP contribution < -0.4 is 20.9 Å². The Hall–Kier alpha value is -4.10. The lowest BCUT2D eigenvalue weighted by molar-refractivity contribution is -0.119. The number of amides is 3. The number of halogens is 1. The zero-order valence-electron chi connectivity index (χ0n) is 19.6. The first kappa shape index (κ1) is 24.0. The summed E-state index contributed by atoms with van der Waals surface area (Å²) in [5, 5.41) is 9.63. The molecule has 3 aromatic carbocycles. The third kappa shape index (κ3) is 5.36. The summed E-state index contributed by atoms with van der Waals surface area (Å²) >= 11 is 6.14. The largest absolute Gasteiger partial charge is 0.354 e. The molecule has 8 heteroatoms. The number of hydrogen-bond donors (Lipinski definition) is 3. The van der Waals surface area contributed by atoms with Gasteiger partial charge in [-0.2, -0.15) is 0 Å². The SMILES string of the molecule is CC(=O)NCc1cccc(/C(Nc2ccc(N(C)C(C)=O)cc2)=C2/C(=O)Nc3cc(Cl)ccc32)c1. The molecule has 0 saturated heterocycles. The number of carbonyl (C=O) groups is 3. The van der Waals surface area contributed by atoms with Gasteiger partial charge in [-0.1, -0.05) is 35.9 Å². The standard InChI is InChI=1S/C27H25ClN4O3/c1-16(33)29-15-18-5-4-6-19(13-18)26(25-23-12-7-20(28)14-24(23)31-27(25)35)30-21-8-10-22(11-9-21)32(3)17(2)34/h4-14,30H,15H2,1-3H3,(H,29,33)(H,31,35)/b26-25-. The predicted molar refractivity (Wildman–Crippen MR) is 140 cm³/mol. The van der Waals surface area contributed by atoms with Gasteiger partial charge in [-0.25, -0.2) is 0 Å². The van der Waals surface area contributed by atoms with Gasteiger partial charge in [0.15, 0.2) is 0 Å². The van der Waals surface area contributed by atoms with E-state index in [2.05, 4.69) is 16.0 Å². The number of anilines is 3. The molecular formula is C27H25ClN4O3. The van der Waals surface area contributed by atoms with Gasteiger partial charge in [0.1, 0.15) is 0 Å². The minimum atomic E-state index is -0.245. The second-order valence-electron chi connectivity index (χ2n) is 8.25. The topological polar surface area (TPSA) is 90.5 Å². The average Bonchev–Trinajstić information content (AvgIpc) is 3.15. The fraction of sp³-hybridized carbons (Fsp3) is 0.148. The fourth-order valence-electron chi connectivity index (χ4n) is 3.83. The van der Waals surface area contributed by atoms with Gasteiger partial charge in [-0.15, -0.1) is 0 Å². The highest BCUT2D eigenvalue weighted by molar-refractivity contribution is 6.38. The van der Waals surface area contributed by atoms with E-state index in [1.165, 1.54) is 13.8 Å². The van der Waals surface area contributed by atoms with E-state index in [-0.39, 0.29) is 17.7 Å². The van der Waals surface area contributed by atoms with Crippen LogP contribution in [0.2, 0.25) is 5.02 Å². The summed E-state index contributed by atoms with van der Waals surface area (Å²) in [4.78, 5) is 37.8. The number of rotatable bonds is 6. The highest BCUT2D eigenvalue weighted by Crippen LogP contribution is 2.39. The molecule has 0 atom stereocenters. The van der Waals surface area contributed by atoms with Crippen LogP contribution in [-0.2, 0) is 20.9 Å². The van der Waals surface area contributed by atoms with E-state index in [1.807, 2.05) is 54.6 Å². The van der Waals surface area contributed by atoms with Crippen molar-refractivity contribution in [2.24, 2.45) is 0 Å². The summed E-state index contributed by atoms with van der Waals surface area (Å²) in [6.45, 7) is 3.35. The number of nitrogens with one attached hydrogen (secondary N) is 3. The first-order valence-electron chi connectivity index (χ1n) is 11.0. The molecule has 3 amide bonds. The lowest BCUT2D eigenvalue weighted by atomic mass is 9.98. The van der Waals surface area contributed by atoms with Gasteiger partial charge in [0.05, 0.1) is 17.0 Å². The molecule has 3 N–H and O–H groups in total. The molecule has 0 saturated carbocycles. The minimum Gasteiger partial charge on any atom is -0.354 e. The predicted octanol–water partition coefficient (Wildman–Crippen LogP) is 4.89. The number of hydrogen-bond acceptors (Lipinski definition) is 4. The van der Waals surface area contributed by atoms with Crippen molar-refractivity contribution in [2.45, 2.75) is 20.4 Å². The van der Waals surface area contributed by atoms with Gasteiger partial charge in [0.2, 0.25) is 11.8 Å². The maximum atomic E-state index is 13.1. The quantitative estimate of drug-likeness (QED) is 0.431. The van der Waals surface area contributed by atoms with Crippen molar-refractivity contribution in [3.8, 4) is 0 Å². The van der Waals surface area contributed by atoms with E-state index >= 15 is 0 Å². The van der Waals surface area contributed by atoms with Crippen LogP contribution in [0.25, 0.3) is 11.3 Å². The van der Waals surface area contributed by atoms with Crippen molar-refractivity contribution in [2.75, 3.05) is 22.6 Å². The Bertz CT molecular complexity index is 1350. The van der Waals surface area contributed by atoms with Crippen LogP contribution in [0.1, 0.15) is 30.5 Å². The molecule has 0 radical (unpaired) electrons. The first-order valence-corrected chi connectivity index (χ1v) is 11.4. The maximum absolute atomic E-state index is 13.1. The van der Waals surface area contributed by atoms with E-state index in [4.69, 9.17) is 11.6 Å². The number of fused-ring (bicyclic) bond motifs is 1. The molecule has 0 aromatic heterocycles. The molecule has 0 spiro atoms. The number of nitrogens with zero attached hydrogens (tertiary/aromatic N) is 1. The Morgan fingerprint density at radius 3 is 2.43 bits per heavy atom. The molecule has 4 rings (SSSR count). The number of benzene rings is 3. The van der Waals surface area contributed by atoms with E-state index in [1.54, 1.807) is 24.1 Å². The Kier molecular flexibility index (Phi) is 6.89. The van der Waals surface area contributed by atoms with Gasteiger partial charge >= 0.3 is 0 Å². The molecule has 0 unspecified atom stereocenters. The van der Waals surface area contributed by atoms with Crippen LogP contribution >= 0.6 is 11.6 Å². The highest BCUT2D eigenvalue weighted by Gasteiger charge is 2.28. The van der Waals surface area contributed by atoms with Crippen molar-refractivity contribution >= 4 is 57.7 Å². The van der Waals surface area contributed by atoms with Crippen molar-refractivity contribution in [3.63, 3.8) is 0 Å². The summed E-state index contributed by atoms with van der Waals surface area (Å²) in [6.07, 6.45) is 0. The van der Waals surface area contributed by atoms with E-state index in [9.17, 15) is 14.4 Å². The van der Waals surface area contributed by atoms with E-state index in [0.717, 1.165) is 28.1 Å². The highest BCUT2D eigenvalue weighted by atomic mass is 35.5. The molecule has 0 fully saturated rings. The summed E-state index contributed by atoms with van der Waals surface area (Å²) in [7, 11) is 1.71. The summed E-state index contributed by atoms with van der Waals surface area (Å²) < 4.78 is 0. The molecule has 3 aromatic rings. The van der Waals surface area contributed by atoms with Crippen LogP contribution in [0.3, 0.4) is 0 Å². The summed E-state index contributed by atoms with van der Waals surface area (Å²) in [5.74, 6) is -0.434. The summed E-state index contributed by atoms with van der Waals surface area (Å²) in [5.41, 5.74) is 5.66. The second kappa shape index (κ2) is 10.0. The third-order valence-electron chi connectivity index (χ3n) is 5.73. The Balaban J connectivity index is 1.80. The zero-order chi connectivity index (χ0) is 25.1. The lowest BCUT2D eigenvalue weighted by Crippen LogP contribution is -2.22. The Morgan fingerprint density at radius 1 is 1.00 bits per heavy atom. The maximum Gasteiger partial charge on any atom is 0.258 e. The van der Waals surface area contributed by atoms with Gasteiger partial charge in [-0.3, -0.25) is 14.4 Å². The molecular weight excluding hydrogens is 464 g/mol. The van der Waals surface area contributed by atoms with Crippen LogP contribution in [0.4, 0.5) is 17.1 Å². The molecule has 1 aliphatic rings. The number of carbonyl (C=O) groups excluding carboxylic acids is 3. The Labute approximate surface area is 208 Å². The molecule has 35 heavy (non-hydrogen) atoms. The van der Waals surface area contributed by atoms with E-state index < -0.39 is 0 Å². The van der Waals surface area contributed by atoms with Crippen LogP contribution in [-0.4, -0.2) is 24.8 Å². The van der Waals surface area contributed by atoms with Gasteiger partial charge in [0.25, 0.3) is 5.91 Å². The van der Waals surface area contributed by atoms with Crippen molar-refractivity contribution in [1.29, 1.82) is 0 Å². The average molecular weight is 489 g/mol. The normalized spacial score (nSPS) is 13.5. The van der Waals surface area contributed by atoms with Crippen LogP contribution in [0.15, 0.2) is 66.7 Å². The van der Waals surface area contributed by atoms with Crippen molar-refractivity contribution in [1.82, 2.24) is 5.32 Å². The molecule has 1 heterocycles. The molecule has 7 nitrogen and oxygen atoms in total. The minimum absolute atomic E-state index is 0.0672. The molecule has 0 aliphatic carbocycles. The lowest BCUT2D eigenvalue weighted by Gasteiger charge is -2.18. The second-order valence-corrected chi connectivity index (χ2v) is 8.69. The smallest absolute Gasteiger partial charge is 0.258 e.